The van der Waals surface area contributed by atoms with Crippen molar-refractivity contribution in [2.45, 2.75) is 6.54 Å². The van der Waals surface area contributed by atoms with Crippen LogP contribution in [-0.2, 0) is 11.3 Å². The molecule has 0 saturated carbocycles. The summed E-state index contributed by atoms with van der Waals surface area (Å²) in [5, 5.41) is 3.31. The second kappa shape index (κ2) is 4.24. The van der Waals surface area contributed by atoms with Crippen LogP contribution in [0.1, 0.15) is 5.56 Å². The van der Waals surface area contributed by atoms with Crippen molar-refractivity contribution in [1.82, 2.24) is 10.2 Å². The van der Waals surface area contributed by atoms with Crippen molar-refractivity contribution >= 4 is 6.29 Å². The lowest BCUT2D eigenvalue weighted by Crippen LogP contribution is -2.58. The number of carbonyl (C=O) groups excluding carboxylic acids is 1. The van der Waals surface area contributed by atoms with Gasteiger partial charge >= 0.3 is 0 Å². The Hall–Kier alpha value is -1.19. The first-order chi connectivity index (χ1) is 8.32. The van der Waals surface area contributed by atoms with E-state index < -0.39 is 0 Å². The third-order valence-corrected chi connectivity index (χ3v) is 4.15. The van der Waals surface area contributed by atoms with Crippen LogP contribution in [0.25, 0.3) is 0 Å². The Morgan fingerprint density at radius 2 is 2.12 bits per heavy atom. The van der Waals surface area contributed by atoms with E-state index in [1.807, 2.05) is 6.07 Å². The van der Waals surface area contributed by atoms with Crippen molar-refractivity contribution in [1.29, 1.82) is 0 Å². The molecule has 3 heteroatoms. The third-order valence-electron chi connectivity index (χ3n) is 4.15. The highest BCUT2D eigenvalue weighted by atomic mass is 16.1. The fourth-order valence-corrected chi connectivity index (χ4v) is 3.07. The molecule has 3 nitrogen and oxygen atoms in total. The number of hydrogen-bond donors (Lipinski definition) is 1. The van der Waals surface area contributed by atoms with Gasteiger partial charge in [-0.15, -0.1) is 0 Å². The largest absolute Gasteiger partial charge is 0.315 e. The molecule has 90 valence electrons. The summed E-state index contributed by atoms with van der Waals surface area (Å²) in [7, 11) is 0. The Kier molecular flexibility index (Phi) is 2.73. The topological polar surface area (TPSA) is 32.3 Å². The Labute approximate surface area is 102 Å². The van der Waals surface area contributed by atoms with Gasteiger partial charge < -0.3 is 10.1 Å². The molecule has 2 fully saturated rings. The predicted octanol–water partition coefficient (Wildman–Crippen LogP) is 0.907. The molecule has 0 bridgehead atoms. The van der Waals surface area contributed by atoms with Crippen LogP contribution in [0.3, 0.4) is 0 Å². The zero-order valence-electron chi connectivity index (χ0n) is 9.93. The van der Waals surface area contributed by atoms with E-state index in [-0.39, 0.29) is 11.3 Å². The van der Waals surface area contributed by atoms with E-state index in [1.54, 1.807) is 0 Å². The number of carbonyl (C=O) groups is 1. The second-order valence-corrected chi connectivity index (χ2v) is 5.36. The normalized spacial score (nSPS) is 26.9. The molecule has 1 atom stereocenters. The molecule has 0 radical (unpaired) electrons. The van der Waals surface area contributed by atoms with Crippen LogP contribution in [0, 0.1) is 11.3 Å². The standard InChI is InChI=1S/C14H18N2O/c17-8-13-7-16(11-14(13)9-15-10-14)6-12-4-2-1-3-5-12/h1-5,8,13,15H,6-7,9-11H2. The molecular formula is C14H18N2O. The van der Waals surface area contributed by atoms with E-state index in [0.717, 1.165) is 39.0 Å². The van der Waals surface area contributed by atoms with Gasteiger partial charge in [0, 0.05) is 44.1 Å². The smallest absolute Gasteiger partial charge is 0.125 e. The first kappa shape index (κ1) is 10.9. The van der Waals surface area contributed by atoms with Crippen LogP contribution in [-0.4, -0.2) is 37.4 Å². The lowest BCUT2D eigenvalue weighted by molar-refractivity contribution is -0.114. The molecule has 1 aromatic rings. The summed E-state index contributed by atoms with van der Waals surface area (Å²) in [6, 6.07) is 10.5. The number of likely N-dealkylation sites (tertiary alicyclic amines) is 1. The van der Waals surface area contributed by atoms with E-state index in [4.69, 9.17) is 0 Å². The summed E-state index contributed by atoms with van der Waals surface area (Å²) < 4.78 is 0. The van der Waals surface area contributed by atoms with Gasteiger partial charge in [0.05, 0.1) is 0 Å². The van der Waals surface area contributed by atoms with E-state index in [9.17, 15) is 4.79 Å². The Morgan fingerprint density at radius 1 is 1.35 bits per heavy atom. The Bertz CT molecular complexity index is 400. The molecule has 0 aliphatic carbocycles. The summed E-state index contributed by atoms with van der Waals surface area (Å²) in [6.07, 6.45) is 1.16. The number of rotatable bonds is 3. The molecule has 1 unspecified atom stereocenters. The van der Waals surface area contributed by atoms with Crippen molar-refractivity contribution in [3.05, 3.63) is 35.9 Å². The molecule has 17 heavy (non-hydrogen) atoms. The minimum absolute atomic E-state index is 0.215. The average molecular weight is 230 g/mol. The van der Waals surface area contributed by atoms with E-state index in [1.165, 1.54) is 5.56 Å². The Balaban J connectivity index is 1.69. The quantitative estimate of drug-likeness (QED) is 0.783. The third kappa shape index (κ3) is 1.90. The highest BCUT2D eigenvalue weighted by Crippen LogP contribution is 2.38. The molecule has 2 heterocycles. The number of aldehydes is 1. The molecule has 2 aliphatic rings. The van der Waals surface area contributed by atoms with Crippen LogP contribution >= 0.6 is 0 Å². The first-order valence-electron chi connectivity index (χ1n) is 6.25. The summed E-state index contributed by atoms with van der Waals surface area (Å²) in [4.78, 5) is 13.6. The maximum absolute atomic E-state index is 11.2. The minimum atomic E-state index is 0.215. The predicted molar refractivity (Wildman–Crippen MR) is 66.6 cm³/mol. The molecule has 2 aliphatic heterocycles. The summed E-state index contributed by atoms with van der Waals surface area (Å²) in [6.45, 7) is 4.94. The monoisotopic (exact) mass is 230 g/mol. The van der Waals surface area contributed by atoms with E-state index in [2.05, 4.69) is 34.5 Å². The fraction of sp³-hybridized carbons (Fsp3) is 0.500. The van der Waals surface area contributed by atoms with Gasteiger partial charge in [-0.25, -0.2) is 0 Å². The van der Waals surface area contributed by atoms with Gasteiger partial charge in [0.2, 0.25) is 0 Å². The van der Waals surface area contributed by atoms with Crippen molar-refractivity contribution in [3.8, 4) is 0 Å². The number of nitrogens with one attached hydrogen (secondary N) is 1. The van der Waals surface area contributed by atoms with Crippen LogP contribution in [0.15, 0.2) is 30.3 Å². The van der Waals surface area contributed by atoms with Crippen LogP contribution in [0.5, 0.6) is 0 Å². The molecular weight excluding hydrogens is 212 g/mol. The lowest BCUT2D eigenvalue weighted by Gasteiger charge is -2.41. The maximum atomic E-state index is 11.2. The molecule has 0 amide bonds. The molecule has 1 N–H and O–H groups in total. The van der Waals surface area contributed by atoms with Crippen molar-refractivity contribution in [2.75, 3.05) is 26.2 Å². The molecule has 2 saturated heterocycles. The fourth-order valence-electron chi connectivity index (χ4n) is 3.07. The van der Waals surface area contributed by atoms with Crippen molar-refractivity contribution < 1.29 is 4.79 Å². The van der Waals surface area contributed by atoms with E-state index in [0.29, 0.717) is 0 Å². The zero-order valence-corrected chi connectivity index (χ0v) is 9.93. The Morgan fingerprint density at radius 3 is 2.65 bits per heavy atom. The van der Waals surface area contributed by atoms with Gasteiger partial charge in [-0.3, -0.25) is 4.90 Å². The average Bonchev–Trinajstić information content (AvgIpc) is 2.69. The number of hydrogen-bond acceptors (Lipinski definition) is 3. The second-order valence-electron chi connectivity index (χ2n) is 5.36. The molecule has 1 aromatic carbocycles. The number of benzene rings is 1. The van der Waals surface area contributed by atoms with Gasteiger partial charge in [0.1, 0.15) is 6.29 Å². The van der Waals surface area contributed by atoms with Gasteiger partial charge in [-0.1, -0.05) is 30.3 Å². The SMILES string of the molecule is O=CC1CN(Cc2ccccc2)CC12CNC2. The van der Waals surface area contributed by atoms with Gasteiger partial charge in [0.15, 0.2) is 0 Å². The van der Waals surface area contributed by atoms with Crippen molar-refractivity contribution in [3.63, 3.8) is 0 Å². The van der Waals surface area contributed by atoms with Crippen LogP contribution in [0.2, 0.25) is 0 Å². The first-order valence-corrected chi connectivity index (χ1v) is 6.25. The highest BCUT2D eigenvalue weighted by molar-refractivity contribution is 5.57. The molecule has 3 rings (SSSR count). The van der Waals surface area contributed by atoms with Gasteiger partial charge in [-0.05, 0) is 5.56 Å². The highest BCUT2D eigenvalue weighted by Gasteiger charge is 2.50. The molecule has 1 spiro atoms. The summed E-state index contributed by atoms with van der Waals surface area (Å²) in [5.74, 6) is 0.215. The summed E-state index contributed by atoms with van der Waals surface area (Å²) in [5.41, 5.74) is 1.57. The summed E-state index contributed by atoms with van der Waals surface area (Å²) >= 11 is 0. The maximum Gasteiger partial charge on any atom is 0.125 e. The van der Waals surface area contributed by atoms with Gasteiger partial charge in [0.25, 0.3) is 0 Å². The van der Waals surface area contributed by atoms with E-state index >= 15 is 0 Å². The van der Waals surface area contributed by atoms with Crippen molar-refractivity contribution in [2.24, 2.45) is 11.3 Å². The van der Waals surface area contributed by atoms with Crippen LogP contribution in [0.4, 0.5) is 0 Å². The van der Waals surface area contributed by atoms with Gasteiger partial charge in [-0.2, -0.15) is 0 Å². The van der Waals surface area contributed by atoms with Crippen LogP contribution < -0.4 is 5.32 Å². The minimum Gasteiger partial charge on any atom is -0.315 e. The zero-order chi connectivity index (χ0) is 11.7. The lowest BCUT2D eigenvalue weighted by atomic mass is 9.74. The molecule has 0 aromatic heterocycles. The number of nitrogens with zero attached hydrogens (tertiary/aromatic N) is 1.